The van der Waals surface area contributed by atoms with Gasteiger partial charge in [0.05, 0.1) is 18.6 Å². The van der Waals surface area contributed by atoms with Crippen LogP contribution in [0.1, 0.15) is 26.7 Å². The highest BCUT2D eigenvalue weighted by Gasteiger charge is 2.22. The molecule has 10 nitrogen and oxygen atoms in total. The number of anilines is 2. The molecule has 1 aromatic heterocycles. The maximum Gasteiger partial charge on any atom is 0.229 e. The van der Waals surface area contributed by atoms with Gasteiger partial charge in [-0.2, -0.15) is 25.5 Å². The molecule has 1 rings (SSSR count). The van der Waals surface area contributed by atoms with Crippen LogP contribution in [0.15, 0.2) is 5.11 Å². The standard InChI is InChI=1S/C11H14N10/c1-3-11(2,7-13)19-9-16-8(15-6-4-5-12)17-10(18-9)20-21-14/h3-4,6H2,1-2H3,(H2,15,16,17,18,19). The van der Waals surface area contributed by atoms with Crippen molar-refractivity contribution < 1.29 is 0 Å². The molecule has 0 bridgehead atoms. The van der Waals surface area contributed by atoms with Crippen LogP contribution in [0.2, 0.25) is 0 Å². The third-order valence-electron chi connectivity index (χ3n) is 2.62. The SMILES string of the molecule is CCC(C)(C#N)Nc1nc(N=[N+]=[N-])nc(NCCC#N)n1. The van der Waals surface area contributed by atoms with Gasteiger partial charge in [0.25, 0.3) is 0 Å². The summed E-state index contributed by atoms with van der Waals surface area (Å²) >= 11 is 0. The maximum absolute atomic E-state index is 9.14. The fourth-order valence-electron chi connectivity index (χ4n) is 1.26. The lowest BCUT2D eigenvalue weighted by atomic mass is 10.0. The number of hydrogen-bond acceptors (Lipinski definition) is 8. The normalized spacial score (nSPS) is 12.2. The topological polar surface area (TPSA) is 159 Å². The second-order valence-electron chi connectivity index (χ2n) is 4.23. The Bertz CT molecular complexity index is 621. The van der Waals surface area contributed by atoms with E-state index in [9.17, 15) is 0 Å². The molecule has 0 aliphatic heterocycles. The van der Waals surface area contributed by atoms with Gasteiger partial charge in [-0.1, -0.05) is 6.92 Å². The zero-order valence-corrected chi connectivity index (χ0v) is 11.7. The number of nitrogens with one attached hydrogen (secondary N) is 2. The van der Waals surface area contributed by atoms with Crippen LogP contribution in [-0.4, -0.2) is 27.0 Å². The molecule has 0 saturated heterocycles. The molecule has 0 aliphatic carbocycles. The van der Waals surface area contributed by atoms with Crippen LogP contribution in [0.5, 0.6) is 0 Å². The molecule has 0 aliphatic rings. The Hall–Kier alpha value is -3.10. The molecule has 108 valence electrons. The van der Waals surface area contributed by atoms with Gasteiger partial charge in [0, 0.05) is 11.5 Å². The first kappa shape index (κ1) is 16.0. The fourth-order valence-corrected chi connectivity index (χ4v) is 1.26. The summed E-state index contributed by atoms with van der Waals surface area (Å²) in [5.41, 5.74) is 7.61. The minimum absolute atomic E-state index is 0.120. The quantitative estimate of drug-likeness (QED) is 0.336. The Morgan fingerprint density at radius 2 is 2.05 bits per heavy atom. The number of aromatic nitrogens is 3. The van der Waals surface area contributed by atoms with Crippen LogP contribution in [0.4, 0.5) is 17.8 Å². The van der Waals surface area contributed by atoms with E-state index in [1.165, 1.54) is 0 Å². The maximum atomic E-state index is 9.14. The molecule has 0 fully saturated rings. The van der Waals surface area contributed by atoms with Crippen LogP contribution < -0.4 is 10.6 Å². The molecule has 0 amide bonds. The Kier molecular flexibility index (Phi) is 5.68. The van der Waals surface area contributed by atoms with Crippen LogP contribution in [0, 0.1) is 22.7 Å². The van der Waals surface area contributed by atoms with Crippen molar-refractivity contribution >= 4 is 17.8 Å². The molecule has 1 heterocycles. The van der Waals surface area contributed by atoms with Gasteiger partial charge in [-0.25, -0.2) is 0 Å². The summed E-state index contributed by atoms with van der Waals surface area (Å²) in [5, 5.41) is 26.7. The highest BCUT2D eigenvalue weighted by atomic mass is 15.3. The van der Waals surface area contributed by atoms with E-state index in [1.807, 2.05) is 13.0 Å². The lowest BCUT2D eigenvalue weighted by Gasteiger charge is -2.21. The summed E-state index contributed by atoms with van der Waals surface area (Å²) in [4.78, 5) is 14.5. The highest BCUT2D eigenvalue weighted by Crippen LogP contribution is 2.18. The molecule has 0 spiro atoms. The summed E-state index contributed by atoms with van der Waals surface area (Å²) in [5.74, 6) is 0.171. The molecule has 1 atom stereocenters. The van der Waals surface area contributed by atoms with E-state index in [2.05, 4.69) is 41.7 Å². The zero-order chi connectivity index (χ0) is 15.7. The van der Waals surface area contributed by atoms with Gasteiger partial charge >= 0.3 is 0 Å². The summed E-state index contributed by atoms with van der Waals surface area (Å²) in [6.45, 7) is 3.89. The van der Waals surface area contributed by atoms with Crippen LogP contribution in [-0.2, 0) is 0 Å². The van der Waals surface area contributed by atoms with Crippen LogP contribution in [0.3, 0.4) is 0 Å². The van der Waals surface area contributed by atoms with E-state index in [-0.39, 0.29) is 24.3 Å². The largest absolute Gasteiger partial charge is 0.353 e. The number of azide groups is 1. The molecular formula is C11H14N10. The summed E-state index contributed by atoms with van der Waals surface area (Å²) in [7, 11) is 0. The van der Waals surface area contributed by atoms with Crippen molar-refractivity contribution in [2.75, 3.05) is 17.2 Å². The molecule has 21 heavy (non-hydrogen) atoms. The summed E-state index contributed by atoms with van der Waals surface area (Å²) in [6, 6.07) is 4.10. The van der Waals surface area contributed by atoms with Gasteiger partial charge < -0.3 is 10.6 Å². The van der Waals surface area contributed by atoms with E-state index in [0.29, 0.717) is 13.0 Å². The molecule has 0 aromatic carbocycles. The molecule has 1 unspecified atom stereocenters. The highest BCUT2D eigenvalue weighted by molar-refractivity contribution is 5.42. The smallest absolute Gasteiger partial charge is 0.229 e. The lowest BCUT2D eigenvalue weighted by molar-refractivity contribution is 0.618. The van der Waals surface area contributed by atoms with E-state index in [0.717, 1.165) is 0 Å². The Balaban J connectivity index is 3.05. The van der Waals surface area contributed by atoms with Gasteiger partial charge in [0.2, 0.25) is 17.8 Å². The number of hydrogen-bond donors (Lipinski definition) is 2. The van der Waals surface area contributed by atoms with Gasteiger partial charge in [-0.3, -0.25) is 0 Å². The molecule has 2 N–H and O–H groups in total. The molecule has 1 aromatic rings. The van der Waals surface area contributed by atoms with E-state index < -0.39 is 5.54 Å². The minimum Gasteiger partial charge on any atom is -0.353 e. The van der Waals surface area contributed by atoms with Crippen molar-refractivity contribution in [2.24, 2.45) is 5.11 Å². The fraction of sp³-hybridized carbons (Fsp3) is 0.545. The second-order valence-corrected chi connectivity index (χ2v) is 4.23. The van der Waals surface area contributed by atoms with E-state index in [4.69, 9.17) is 16.1 Å². The first-order valence-corrected chi connectivity index (χ1v) is 6.18. The summed E-state index contributed by atoms with van der Waals surface area (Å²) in [6.07, 6.45) is 0.805. The van der Waals surface area contributed by atoms with Crippen molar-refractivity contribution in [3.05, 3.63) is 10.4 Å². The lowest BCUT2D eigenvalue weighted by Crippen LogP contribution is -2.33. The molecular weight excluding hydrogens is 272 g/mol. The average molecular weight is 286 g/mol. The zero-order valence-electron chi connectivity index (χ0n) is 11.7. The number of nitrogens with zero attached hydrogens (tertiary/aromatic N) is 8. The molecule has 10 heteroatoms. The summed E-state index contributed by atoms with van der Waals surface area (Å²) < 4.78 is 0. The minimum atomic E-state index is -0.848. The Labute approximate surface area is 121 Å². The van der Waals surface area contributed by atoms with Gasteiger partial charge in [0.15, 0.2) is 0 Å². The predicted octanol–water partition coefficient (Wildman–Crippen LogP) is 2.24. The second kappa shape index (κ2) is 7.48. The van der Waals surface area contributed by atoms with E-state index >= 15 is 0 Å². The van der Waals surface area contributed by atoms with E-state index in [1.54, 1.807) is 6.92 Å². The van der Waals surface area contributed by atoms with Gasteiger partial charge in [-0.05, 0) is 24.0 Å². The monoisotopic (exact) mass is 286 g/mol. The van der Waals surface area contributed by atoms with Crippen molar-refractivity contribution in [2.45, 2.75) is 32.2 Å². The third-order valence-corrected chi connectivity index (χ3v) is 2.62. The number of rotatable bonds is 7. The predicted molar refractivity (Wildman–Crippen MR) is 75.3 cm³/mol. The molecule has 0 radical (unpaired) electrons. The van der Waals surface area contributed by atoms with Gasteiger partial charge in [0.1, 0.15) is 5.54 Å². The molecule has 0 saturated carbocycles. The van der Waals surface area contributed by atoms with Crippen molar-refractivity contribution in [3.8, 4) is 12.1 Å². The Morgan fingerprint density at radius 1 is 1.33 bits per heavy atom. The Morgan fingerprint density at radius 3 is 2.62 bits per heavy atom. The first-order valence-electron chi connectivity index (χ1n) is 6.18. The average Bonchev–Trinajstić information content (AvgIpc) is 2.47. The van der Waals surface area contributed by atoms with Crippen molar-refractivity contribution in [1.82, 2.24) is 15.0 Å². The van der Waals surface area contributed by atoms with Crippen molar-refractivity contribution in [3.63, 3.8) is 0 Å². The first-order chi connectivity index (χ1) is 10.1. The van der Waals surface area contributed by atoms with Gasteiger partial charge in [-0.15, -0.1) is 0 Å². The van der Waals surface area contributed by atoms with Crippen LogP contribution in [0.25, 0.3) is 10.4 Å². The van der Waals surface area contributed by atoms with Crippen molar-refractivity contribution in [1.29, 1.82) is 10.5 Å². The third kappa shape index (κ3) is 4.82. The van der Waals surface area contributed by atoms with Crippen LogP contribution >= 0.6 is 0 Å². The number of nitriles is 2.